The summed E-state index contributed by atoms with van der Waals surface area (Å²) in [4.78, 5) is 24.5. The van der Waals surface area contributed by atoms with Crippen LogP contribution in [0.3, 0.4) is 0 Å². The number of aryl methyl sites for hydroxylation is 1. The van der Waals surface area contributed by atoms with Gasteiger partial charge in [0.1, 0.15) is 5.02 Å². The molecule has 1 heterocycles. The molecule has 1 rings (SSSR count). The monoisotopic (exact) mass is 294 g/mol. The number of aromatic amines is 1. The van der Waals surface area contributed by atoms with Crippen molar-refractivity contribution in [2.45, 2.75) is 32.1 Å². The molecule has 0 aliphatic rings. The second-order valence-electron chi connectivity index (χ2n) is 4.86. The molecule has 0 atom stereocenters. The van der Waals surface area contributed by atoms with E-state index in [-0.39, 0.29) is 17.3 Å². The number of rotatable bonds is 3. The number of aromatic nitrogens is 2. The first kappa shape index (κ1) is 15.0. The number of H-pyrrole nitrogens is 1. The molecule has 6 nitrogen and oxygen atoms in total. The SMILES string of the molecule is CC(C)(C)S(=O)(=O)CCn1cc(Cl)c(=O)[nH]c1=O. The molecule has 18 heavy (non-hydrogen) atoms. The van der Waals surface area contributed by atoms with Crippen molar-refractivity contribution in [3.05, 3.63) is 32.1 Å². The van der Waals surface area contributed by atoms with E-state index in [0.717, 1.165) is 10.8 Å². The minimum absolute atomic E-state index is 0.0467. The Balaban J connectivity index is 2.99. The van der Waals surface area contributed by atoms with Crippen molar-refractivity contribution in [2.24, 2.45) is 0 Å². The Labute approximate surface area is 110 Å². The Hall–Kier alpha value is -1.08. The summed E-state index contributed by atoms with van der Waals surface area (Å²) in [7, 11) is -3.33. The molecule has 0 fully saturated rings. The first-order valence-corrected chi connectivity index (χ1v) is 7.29. The second kappa shape index (κ2) is 4.89. The summed E-state index contributed by atoms with van der Waals surface area (Å²) in [6.45, 7) is 4.72. The van der Waals surface area contributed by atoms with Crippen molar-refractivity contribution in [3.8, 4) is 0 Å². The van der Waals surface area contributed by atoms with E-state index in [9.17, 15) is 18.0 Å². The summed E-state index contributed by atoms with van der Waals surface area (Å²) >= 11 is 5.57. The molecule has 1 aromatic heterocycles. The number of nitrogens with one attached hydrogen (secondary N) is 1. The third-order valence-corrected chi connectivity index (χ3v) is 5.36. The van der Waals surface area contributed by atoms with E-state index >= 15 is 0 Å². The van der Waals surface area contributed by atoms with E-state index in [1.54, 1.807) is 20.8 Å². The molecule has 8 heteroatoms. The molecule has 0 radical (unpaired) electrons. The second-order valence-corrected chi connectivity index (χ2v) is 8.13. The van der Waals surface area contributed by atoms with E-state index < -0.39 is 25.8 Å². The van der Waals surface area contributed by atoms with Gasteiger partial charge in [-0.2, -0.15) is 0 Å². The van der Waals surface area contributed by atoms with Gasteiger partial charge in [-0.3, -0.25) is 14.3 Å². The molecule has 0 spiro atoms. The molecule has 0 aromatic carbocycles. The molecule has 0 aliphatic heterocycles. The molecule has 1 N–H and O–H groups in total. The van der Waals surface area contributed by atoms with Crippen molar-refractivity contribution in [3.63, 3.8) is 0 Å². The highest BCUT2D eigenvalue weighted by molar-refractivity contribution is 7.92. The maximum atomic E-state index is 11.9. The number of sulfone groups is 1. The molecule has 1 aromatic rings. The lowest BCUT2D eigenvalue weighted by molar-refractivity contribution is 0.551. The lowest BCUT2D eigenvalue weighted by Crippen LogP contribution is -2.35. The summed E-state index contributed by atoms with van der Waals surface area (Å²) in [5, 5.41) is -0.150. The Bertz CT molecular complexity index is 652. The van der Waals surface area contributed by atoms with E-state index in [0.29, 0.717) is 0 Å². The predicted octanol–water partition coefficient (Wildman–Crippen LogP) is 0.403. The van der Waals surface area contributed by atoms with Crippen LogP contribution in [-0.2, 0) is 16.4 Å². The van der Waals surface area contributed by atoms with Gasteiger partial charge in [-0.05, 0) is 20.8 Å². The van der Waals surface area contributed by atoms with Crippen LogP contribution >= 0.6 is 11.6 Å². The van der Waals surface area contributed by atoms with Gasteiger partial charge in [0.15, 0.2) is 9.84 Å². The van der Waals surface area contributed by atoms with Crippen LogP contribution in [0.4, 0.5) is 0 Å². The quantitative estimate of drug-likeness (QED) is 0.874. The van der Waals surface area contributed by atoms with Gasteiger partial charge < -0.3 is 0 Å². The molecule has 0 amide bonds. The molecule has 0 unspecified atom stereocenters. The van der Waals surface area contributed by atoms with Crippen LogP contribution in [0.2, 0.25) is 5.02 Å². The zero-order valence-corrected chi connectivity index (χ0v) is 11.9. The lowest BCUT2D eigenvalue weighted by atomic mass is 10.3. The zero-order valence-electron chi connectivity index (χ0n) is 10.4. The van der Waals surface area contributed by atoms with Gasteiger partial charge in [0.25, 0.3) is 5.56 Å². The standard InChI is InChI=1S/C10H15ClN2O4S/c1-10(2,3)18(16,17)5-4-13-6-7(11)8(14)12-9(13)15/h6H,4-5H2,1-3H3,(H,12,14,15). The minimum Gasteiger partial charge on any atom is -0.298 e. The summed E-state index contributed by atoms with van der Waals surface area (Å²) in [5.74, 6) is -0.196. The van der Waals surface area contributed by atoms with Gasteiger partial charge in [0.05, 0.1) is 10.5 Å². The third kappa shape index (κ3) is 3.23. The minimum atomic E-state index is -3.33. The van der Waals surface area contributed by atoms with Gasteiger partial charge in [0.2, 0.25) is 0 Å². The molecule has 0 aliphatic carbocycles. The van der Waals surface area contributed by atoms with E-state index in [1.807, 2.05) is 4.98 Å². The van der Waals surface area contributed by atoms with E-state index in [2.05, 4.69) is 0 Å². The van der Waals surface area contributed by atoms with Gasteiger partial charge in [-0.1, -0.05) is 11.6 Å². The van der Waals surface area contributed by atoms with Crippen molar-refractivity contribution in [2.75, 3.05) is 5.75 Å². The van der Waals surface area contributed by atoms with Crippen LogP contribution in [0, 0.1) is 0 Å². The topological polar surface area (TPSA) is 89.0 Å². The predicted molar refractivity (Wildman–Crippen MR) is 69.9 cm³/mol. The molecule has 0 bridgehead atoms. The average molecular weight is 295 g/mol. The van der Waals surface area contributed by atoms with Crippen molar-refractivity contribution in [1.29, 1.82) is 0 Å². The maximum Gasteiger partial charge on any atom is 0.328 e. The Kier molecular flexibility index (Phi) is 4.07. The van der Waals surface area contributed by atoms with Crippen LogP contribution in [-0.4, -0.2) is 28.5 Å². The molecule has 0 saturated heterocycles. The highest BCUT2D eigenvalue weighted by atomic mass is 35.5. The third-order valence-electron chi connectivity index (χ3n) is 2.50. The largest absolute Gasteiger partial charge is 0.328 e. The van der Waals surface area contributed by atoms with Crippen molar-refractivity contribution >= 4 is 21.4 Å². The number of nitrogens with zero attached hydrogens (tertiary/aromatic N) is 1. The fourth-order valence-electron chi connectivity index (χ4n) is 1.17. The molecular formula is C10H15ClN2O4S. The molecular weight excluding hydrogens is 280 g/mol. The van der Waals surface area contributed by atoms with Crippen molar-refractivity contribution in [1.82, 2.24) is 9.55 Å². The lowest BCUT2D eigenvalue weighted by Gasteiger charge is -2.19. The first-order valence-electron chi connectivity index (χ1n) is 5.26. The summed E-state index contributed by atoms with van der Waals surface area (Å²) < 4.78 is 23.9. The maximum absolute atomic E-state index is 11.9. The number of hydrogen-bond acceptors (Lipinski definition) is 4. The average Bonchev–Trinajstić information content (AvgIpc) is 2.20. The first-order chi connectivity index (χ1) is 8.04. The Morgan fingerprint density at radius 1 is 1.33 bits per heavy atom. The summed E-state index contributed by atoms with van der Waals surface area (Å²) in [6.07, 6.45) is 1.14. The normalized spacial score (nSPS) is 12.7. The number of hydrogen-bond donors (Lipinski definition) is 1. The van der Waals surface area contributed by atoms with Gasteiger partial charge in [0, 0.05) is 12.7 Å². The van der Waals surface area contributed by atoms with Crippen LogP contribution < -0.4 is 11.2 Å². The Morgan fingerprint density at radius 2 is 1.89 bits per heavy atom. The van der Waals surface area contributed by atoms with E-state index in [1.165, 1.54) is 0 Å². The molecule has 0 saturated carbocycles. The highest BCUT2D eigenvalue weighted by Crippen LogP contribution is 2.15. The fourth-order valence-corrected chi connectivity index (χ4v) is 2.39. The van der Waals surface area contributed by atoms with Crippen LogP contribution in [0.15, 0.2) is 15.8 Å². The smallest absolute Gasteiger partial charge is 0.298 e. The van der Waals surface area contributed by atoms with Gasteiger partial charge >= 0.3 is 5.69 Å². The summed E-state index contributed by atoms with van der Waals surface area (Å²) in [5.41, 5.74) is -1.36. The van der Waals surface area contributed by atoms with Crippen LogP contribution in [0.1, 0.15) is 20.8 Å². The van der Waals surface area contributed by atoms with E-state index in [4.69, 9.17) is 11.6 Å². The van der Waals surface area contributed by atoms with Crippen molar-refractivity contribution < 1.29 is 8.42 Å². The Morgan fingerprint density at radius 3 is 2.39 bits per heavy atom. The number of halogens is 1. The summed E-state index contributed by atoms with van der Waals surface area (Å²) in [6, 6.07) is 0. The highest BCUT2D eigenvalue weighted by Gasteiger charge is 2.28. The van der Waals surface area contributed by atoms with Gasteiger partial charge in [-0.25, -0.2) is 13.2 Å². The zero-order chi connectivity index (χ0) is 14.1. The van der Waals surface area contributed by atoms with Crippen LogP contribution in [0.5, 0.6) is 0 Å². The van der Waals surface area contributed by atoms with Crippen LogP contribution in [0.25, 0.3) is 0 Å². The fraction of sp³-hybridized carbons (Fsp3) is 0.600. The van der Waals surface area contributed by atoms with Gasteiger partial charge in [-0.15, -0.1) is 0 Å². The molecule has 102 valence electrons.